The SMILES string of the molecule is Cc1ccccc1SC(=S)NCC1CCS(=O)(=O)C1. The molecule has 0 amide bonds. The van der Waals surface area contributed by atoms with Gasteiger partial charge in [0.1, 0.15) is 4.32 Å². The van der Waals surface area contributed by atoms with Crippen LogP contribution in [-0.2, 0) is 9.84 Å². The van der Waals surface area contributed by atoms with Crippen LogP contribution in [0.5, 0.6) is 0 Å². The van der Waals surface area contributed by atoms with E-state index in [2.05, 4.69) is 18.3 Å². The summed E-state index contributed by atoms with van der Waals surface area (Å²) in [6.45, 7) is 2.70. The lowest BCUT2D eigenvalue weighted by Gasteiger charge is -2.12. The van der Waals surface area contributed by atoms with E-state index in [4.69, 9.17) is 12.2 Å². The first-order valence-corrected chi connectivity index (χ1v) is 9.22. The molecule has 0 bridgehead atoms. The van der Waals surface area contributed by atoms with Gasteiger partial charge in [-0.05, 0) is 30.9 Å². The third kappa shape index (κ3) is 4.47. The highest BCUT2D eigenvalue weighted by Crippen LogP contribution is 2.23. The summed E-state index contributed by atoms with van der Waals surface area (Å²) in [7, 11) is -2.80. The molecule has 3 nitrogen and oxygen atoms in total. The van der Waals surface area contributed by atoms with E-state index >= 15 is 0 Å². The van der Waals surface area contributed by atoms with E-state index < -0.39 is 9.84 Å². The second-order valence-electron chi connectivity index (χ2n) is 4.80. The van der Waals surface area contributed by atoms with Gasteiger partial charge in [0.25, 0.3) is 0 Å². The lowest BCUT2D eigenvalue weighted by Crippen LogP contribution is -2.26. The molecule has 0 aromatic heterocycles. The van der Waals surface area contributed by atoms with E-state index in [1.165, 1.54) is 17.3 Å². The lowest BCUT2D eigenvalue weighted by molar-refractivity contribution is 0.575. The molecule has 104 valence electrons. The molecule has 1 aliphatic heterocycles. The fourth-order valence-corrected chi connectivity index (χ4v) is 5.01. The van der Waals surface area contributed by atoms with Crippen LogP contribution in [-0.4, -0.2) is 30.8 Å². The van der Waals surface area contributed by atoms with Gasteiger partial charge in [-0.2, -0.15) is 0 Å². The standard InChI is InChI=1S/C13H17NO2S3/c1-10-4-2-3-5-12(10)18-13(17)14-8-11-6-7-19(15,16)9-11/h2-5,11H,6-9H2,1H3,(H,14,17). The number of aryl methyl sites for hydroxylation is 1. The second-order valence-corrected chi connectivity index (χ2v) is 8.75. The molecule has 1 atom stereocenters. The van der Waals surface area contributed by atoms with Crippen molar-refractivity contribution in [1.29, 1.82) is 0 Å². The molecule has 1 saturated heterocycles. The summed E-state index contributed by atoms with van der Waals surface area (Å²) >= 11 is 6.81. The van der Waals surface area contributed by atoms with Crippen molar-refractivity contribution in [2.75, 3.05) is 18.1 Å². The van der Waals surface area contributed by atoms with Gasteiger partial charge in [-0.1, -0.05) is 42.2 Å². The maximum atomic E-state index is 11.4. The predicted octanol–water partition coefficient (Wildman–Crippen LogP) is 2.40. The van der Waals surface area contributed by atoms with Crippen LogP contribution in [0.2, 0.25) is 0 Å². The number of hydrogen-bond donors (Lipinski definition) is 1. The number of nitrogens with one attached hydrogen (secondary N) is 1. The normalized spacial score (nSPS) is 21.2. The summed E-state index contributed by atoms with van der Waals surface area (Å²) in [4.78, 5) is 1.14. The average molecular weight is 315 g/mol. The van der Waals surface area contributed by atoms with Crippen LogP contribution >= 0.6 is 24.0 Å². The third-order valence-electron chi connectivity index (χ3n) is 3.16. The maximum Gasteiger partial charge on any atom is 0.150 e. The minimum absolute atomic E-state index is 0.195. The molecule has 19 heavy (non-hydrogen) atoms. The fraction of sp³-hybridized carbons (Fsp3) is 0.462. The Balaban J connectivity index is 1.81. The first kappa shape index (κ1) is 14.8. The van der Waals surface area contributed by atoms with E-state index in [1.807, 2.05) is 18.2 Å². The van der Waals surface area contributed by atoms with Gasteiger partial charge in [-0.25, -0.2) is 8.42 Å². The van der Waals surface area contributed by atoms with Crippen LogP contribution in [0.3, 0.4) is 0 Å². The number of sulfone groups is 1. The molecule has 0 spiro atoms. The number of thiocarbonyl (C=S) groups is 1. The first-order valence-electron chi connectivity index (χ1n) is 6.18. The molecule has 1 aliphatic rings. The Morgan fingerprint density at radius 2 is 2.21 bits per heavy atom. The highest BCUT2D eigenvalue weighted by Gasteiger charge is 2.27. The highest BCUT2D eigenvalue weighted by molar-refractivity contribution is 8.23. The molecule has 0 saturated carbocycles. The molecule has 0 radical (unpaired) electrons. The van der Waals surface area contributed by atoms with Crippen molar-refractivity contribution in [2.45, 2.75) is 18.2 Å². The third-order valence-corrected chi connectivity index (χ3v) is 6.40. The summed E-state index contributed by atoms with van der Waals surface area (Å²) in [6, 6.07) is 8.07. The molecule has 1 aromatic carbocycles. The molecule has 1 aromatic rings. The van der Waals surface area contributed by atoms with Crippen molar-refractivity contribution in [3.05, 3.63) is 29.8 Å². The molecular weight excluding hydrogens is 298 g/mol. The zero-order valence-electron chi connectivity index (χ0n) is 10.8. The van der Waals surface area contributed by atoms with E-state index in [-0.39, 0.29) is 11.7 Å². The number of rotatable bonds is 3. The van der Waals surface area contributed by atoms with Crippen LogP contribution in [0, 0.1) is 12.8 Å². The van der Waals surface area contributed by atoms with Gasteiger partial charge < -0.3 is 5.32 Å². The molecule has 1 N–H and O–H groups in total. The van der Waals surface area contributed by atoms with Crippen molar-refractivity contribution >= 4 is 38.1 Å². The number of benzene rings is 1. The van der Waals surface area contributed by atoms with Gasteiger partial charge in [0, 0.05) is 11.4 Å². The minimum Gasteiger partial charge on any atom is -0.370 e. The van der Waals surface area contributed by atoms with Gasteiger partial charge >= 0.3 is 0 Å². The molecule has 0 aliphatic carbocycles. The van der Waals surface area contributed by atoms with Gasteiger partial charge in [0.2, 0.25) is 0 Å². The van der Waals surface area contributed by atoms with E-state index in [0.29, 0.717) is 16.6 Å². The Kier molecular flexibility index (Phi) is 4.86. The summed E-state index contributed by atoms with van der Waals surface area (Å²) in [5, 5.41) is 3.17. The maximum absolute atomic E-state index is 11.4. The van der Waals surface area contributed by atoms with Crippen LogP contribution in [0.15, 0.2) is 29.2 Å². The highest BCUT2D eigenvalue weighted by atomic mass is 32.2. The predicted molar refractivity (Wildman–Crippen MR) is 84.4 cm³/mol. The Morgan fingerprint density at radius 1 is 1.47 bits per heavy atom. The van der Waals surface area contributed by atoms with Gasteiger partial charge in [0.15, 0.2) is 9.84 Å². The Morgan fingerprint density at radius 3 is 2.84 bits per heavy atom. The van der Waals surface area contributed by atoms with Gasteiger partial charge in [-0.3, -0.25) is 0 Å². The monoisotopic (exact) mass is 315 g/mol. The Labute approximate surface area is 124 Å². The zero-order chi connectivity index (χ0) is 13.9. The lowest BCUT2D eigenvalue weighted by atomic mass is 10.1. The van der Waals surface area contributed by atoms with E-state index in [0.717, 1.165) is 11.3 Å². The summed E-state index contributed by atoms with van der Waals surface area (Å²) < 4.78 is 23.4. The summed E-state index contributed by atoms with van der Waals surface area (Å²) in [5.41, 5.74) is 1.19. The minimum atomic E-state index is -2.80. The number of hydrogen-bond acceptors (Lipinski definition) is 4. The topological polar surface area (TPSA) is 46.2 Å². The molecule has 1 fully saturated rings. The fourth-order valence-electron chi connectivity index (χ4n) is 2.07. The van der Waals surface area contributed by atoms with Gasteiger partial charge in [0.05, 0.1) is 11.5 Å². The number of thioether (sulfide) groups is 1. The summed E-state index contributed by atoms with van der Waals surface area (Å²) in [6.07, 6.45) is 0.743. The Bertz CT molecular complexity index is 569. The second kappa shape index (κ2) is 6.24. The van der Waals surface area contributed by atoms with Crippen LogP contribution in [0.4, 0.5) is 0 Å². The molecule has 2 rings (SSSR count). The van der Waals surface area contributed by atoms with Crippen molar-refractivity contribution < 1.29 is 8.42 Å². The molecule has 1 unspecified atom stereocenters. The van der Waals surface area contributed by atoms with Crippen LogP contribution in [0.1, 0.15) is 12.0 Å². The quantitative estimate of drug-likeness (QED) is 0.685. The first-order chi connectivity index (χ1) is 8.96. The average Bonchev–Trinajstić information content (AvgIpc) is 2.69. The van der Waals surface area contributed by atoms with E-state index in [9.17, 15) is 8.42 Å². The van der Waals surface area contributed by atoms with E-state index in [1.54, 1.807) is 0 Å². The molecule has 6 heteroatoms. The van der Waals surface area contributed by atoms with Gasteiger partial charge in [-0.15, -0.1) is 0 Å². The van der Waals surface area contributed by atoms with Crippen molar-refractivity contribution in [2.24, 2.45) is 5.92 Å². The Hall–Kier alpha value is -0.590. The van der Waals surface area contributed by atoms with Crippen molar-refractivity contribution in [3.63, 3.8) is 0 Å². The molecule has 1 heterocycles. The molecular formula is C13H17NO2S3. The summed E-state index contributed by atoms with van der Waals surface area (Å²) in [5.74, 6) is 0.801. The zero-order valence-corrected chi connectivity index (χ0v) is 13.2. The smallest absolute Gasteiger partial charge is 0.150 e. The van der Waals surface area contributed by atoms with Crippen LogP contribution in [0.25, 0.3) is 0 Å². The van der Waals surface area contributed by atoms with Crippen molar-refractivity contribution in [3.8, 4) is 0 Å². The largest absolute Gasteiger partial charge is 0.370 e. The van der Waals surface area contributed by atoms with Crippen molar-refractivity contribution in [1.82, 2.24) is 5.32 Å². The van der Waals surface area contributed by atoms with Crippen LogP contribution < -0.4 is 5.32 Å².